The molecule has 6 nitrogen and oxygen atoms in total. The SMILES string of the molecule is CN(C)C(=O)CNC(=NCc1ccc(CN2CCCCC2)cc1)NCCc1ccccc1. The molecular formula is C26H37N5O. The number of benzene rings is 2. The summed E-state index contributed by atoms with van der Waals surface area (Å²) < 4.78 is 0. The minimum Gasteiger partial charge on any atom is -0.356 e. The standard InChI is InChI=1S/C26H37N5O/c1-30(2)25(32)20-29-26(27-16-15-22-9-5-3-6-10-22)28-19-23-11-13-24(14-12-23)21-31-17-7-4-8-18-31/h3,5-6,9-14H,4,7-8,15-21H2,1-2H3,(H2,27,28,29). The van der Waals surface area contributed by atoms with Gasteiger partial charge in [0.05, 0.1) is 13.1 Å². The molecule has 32 heavy (non-hydrogen) atoms. The van der Waals surface area contributed by atoms with Crippen molar-refractivity contribution in [2.75, 3.05) is 40.3 Å². The summed E-state index contributed by atoms with van der Waals surface area (Å²) in [7, 11) is 3.52. The van der Waals surface area contributed by atoms with E-state index in [9.17, 15) is 4.79 Å². The smallest absolute Gasteiger partial charge is 0.241 e. The molecule has 0 atom stereocenters. The summed E-state index contributed by atoms with van der Waals surface area (Å²) in [5.74, 6) is 0.679. The Hall–Kier alpha value is -2.86. The summed E-state index contributed by atoms with van der Waals surface area (Å²) in [6.07, 6.45) is 4.89. The van der Waals surface area contributed by atoms with Gasteiger partial charge in [-0.1, -0.05) is 61.0 Å². The molecule has 1 fully saturated rings. The highest BCUT2D eigenvalue weighted by Gasteiger charge is 2.10. The number of hydrogen-bond donors (Lipinski definition) is 2. The van der Waals surface area contributed by atoms with Gasteiger partial charge in [0, 0.05) is 27.2 Å². The Kier molecular flexibility index (Phi) is 9.57. The summed E-state index contributed by atoms with van der Waals surface area (Å²) in [6.45, 7) is 4.99. The van der Waals surface area contributed by atoms with E-state index in [1.807, 2.05) is 18.2 Å². The van der Waals surface area contributed by atoms with E-state index in [2.05, 4.69) is 51.9 Å². The number of guanidine groups is 1. The zero-order chi connectivity index (χ0) is 22.6. The number of hydrogen-bond acceptors (Lipinski definition) is 3. The Morgan fingerprint density at radius 1 is 0.906 bits per heavy atom. The van der Waals surface area contributed by atoms with Gasteiger partial charge in [-0.3, -0.25) is 9.69 Å². The molecule has 0 aromatic heterocycles. The van der Waals surface area contributed by atoms with Crippen molar-refractivity contribution in [2.24, 2.45) is 4.99 Å². The number of nitrogens with one attached hydrogen (secondary N) is 2. The second-order valence-electron chi connectivity index (χ2n) is 8.62. The van der Waals surface area contributed by atoms with Gasteiger partial charge in [-0.2, -0.15) is 0 Å². The number of likely N-dealkylation sites (N-methyl/N-ethyl adjacent to an activating group) is 1. The van der Waals surface area contributed by atoms with Gasteiger partial charge in [0.2, 0.25) is 5.91 Å². The Labute approximate surface area is 192 Å². The van der Waals surface area contributed by atoms with Gasteiger partial charge in [-0.25, -0.2) is 4.99 Å². The molecule has 0 aliphatic carbocycles. The molecule has 172 valence electrons. The number of likely N-dealkylation sites (tertiary alicyclic amines) is 1. The van der Waals surface area contributed by atoms with Gasteiger partial charge in [0.25, 0.3) is 0 Å². The van der Waals surface area contributed by atoms with Gasteiger partial charge in [0.1, 0.15) is 0 Å². The average Bonchev–Trinajstić information content (AvgIpc) is 2.82. The normalized spacial score (nSPS) is 14.8. The first kappa shape index (κ1) is 23.8. The molecular weight excluding hydrogens is 398 g/mol. The second kappa shape index (κ2) is 12.9. The first-order valence-corrected chi connectivity index (χ1v) is 11.7. The van der Waals surface area contributed by atoms with E-state index in [0.29, 0.717) is 12.5 Å². The van der Waals surface area contributed by atoms with E-state index in [-0.39, 0.29) is 12.5 Å². The van der Waals surface area contributed by atoms with Gasteiger partial charge >= 0.3 is 0 Å². The molecule has 0 radical (unpaired) electrons. The summed E-state index contributed by atoms with van der Waals surface area (Å²) in [5.41, 5.74) is 3.79. The number of amides is 1. The third-order valence-electron chi connectivity index (χ3n) is 5.75. The van der Waals surface area contributed by atoms with Gasteiger partial charge < -0.3 is 15.5 Å². The van der Waals surface area contributed by atoms with Crippen molar-refractivity contribution in [3.05, 3.63) is 71.3 Å². The lowest BCUT2D eigenvalue weighted by Gasteiger charge is -2.26. The topological polar surface area (TPSA) is 60.0 Å². The Bertz CT molecular complexity index is 842. The summed E-state index contributed by atoms with van der Waals surface area (Å²) in [6, 6.07) is 19.1. The fourth-order valence-electron chi connectivity index (χ4n) is 3.76. The molecule has 6 heteroatoms. The molecule has 1 saturated heterocycles. The minimum atomic E-state index is 0.0182. The third-order valence-corrected chi connectivity index (χ3v) is 5.75. The zero-order valence-electron chi connectivity index (χ0n) is 19.5. The van der Waals surface area contributed by atoms with Crippen LogP contribution >= 0.6 is 0 Å². The first-order chi connectivity index (χ1) is 15.6. The number of carbonyl (C=O) groups excluding carboxylic acids is 1. The third kappa shape index (κ3) is 8.35. The van der Waals surface area contributed by atoms with Crippen molar-refractivity contribution in [2.45, 2.75) is 38.8 Å². The van der Waals surface area contributed by atoms with Gasteiger partial charge in [0.15, 0.2) is 5.96 Å². The Balaban J connectivity index is 1.54. The highest BCUT2D eigenvalue weighted by atomic mass is 16.2. The maximum Gasteiger partial charge on any atom is 0.241 e. The number of rotatable bonds is 9. The van der Waals surface area contributed by atoms with E-state index < -0.39 is 0 Å². The van der Waals surface area contributed by atoms with Crippen LogP contribution in [0.4, 0.5) is 0 Å². The van der Waals surface area contributed by atoms with E-state index in [0.717, 1.165) is 25.1 Å². The van der Waals surface area contributed by atoms with E-state index in [4.69, 9.17) is 4.99 Å². The first-order valence-electron chi connectivity index (χ1n) is 11.7. The predicted octanol–water partition coefficient (Wildman–Crippen LogP) is 3.04. The molecule has 0 saturated carbocycles. The highest BCUT2D eigenvalue weighted by Crippen LogP contribution is 2.14. The van der Waals surface area contributed by atoms with Crippen LogP contribution in [0.3, 0.4) is 0 Å². The highest BCUT2D eigenvalue weighted by molar-refractivity contribution is 5.86. The fraction of sp³-hybridized carbons (Fsp3) is 0.462. The van der Waals surface area contributed by atoms with Crippen molar-refractivity contribution in [1.82, 2.24) is 20.4 Å². The van der Waals surface area contributed by atoms with Crippen LogP contribution in [0.5, 0.6) is 0 Å². The number of piperidine rings is 1. The van der Waals surface area contributed by atoms with Crippen LogP contribution < -0.4 is 10.6 Å². The lowest BCUT2D eigenvalue weighted by molar-refractivity contribution is -0.127. The van der Waals surface area contributed by atoms with Crippen LogP contribution in [0.1, 0.15) is 36.0 Å². The van der Waals surface area contributed by atoms with E-state index in [1.54, 1.807) is 19.0 Å². The molecule has 1 heterocycles. The lowest BCUT2D eigenvalue weighted by Crippen LogP contribution is -2.43. The van der Waals surface area contributed by atoms with Crippen molar-refractivity contribution in [3.63, 3.8) is 0 Å². The zero-order valence-corrected chi connectivity index (χ0v) is 19.5. The van der Waals surface area contributed by atoms with E-state index in [1.165, 1.54) is 43.5 Å². The number of nitrogens with zero attached hydrogens (tertiary/aromatic N) is 3. The largest absolute Gasteiger partial charge is 0.356 e. The van der Waals surface area contributed by atoms with Crippen molar-refractivity contribution < 1.29 is 4.79 Å². The maximum atomic E-state index is 12.0. The van der Waals surface area contributed by atoms with Crippen molar-refractivity contribution in [3.8, 4) is 0 Å². The van der Waals surface area contributed by atoms with Crippen LogP contribution in [-0.4, -0.2) is 61.9 Å². The molecule has 0 spiro atoms. The Morgan fingerprint density at radius 3 is 2.28 bits per heavy atom. The van der Waals surface area contributed by atoms with Crippen LogP contribution in [0.15, 0.2) is 59.6 Å². The second-order valence-corrected chi connectivity index (χ2v) is 8.62. The molecule has 0 unspecified atom stereocenters. The lowest BCUT2D eigenvalue weighted by atomic mass is 10.1. The van der Waals surface area contributed by atoms with Gasteiger partial charge in [-0.15, -0.1) is 0 Å². The monoisotopic (exact) mass is 435 g/mol. The molecule has 2 aromatic carbocycles. The molecule has 1 aliphatic heterocycles. The molecule has 0 bridgehead atoms. The minimum absolute atomic E-state index is 0.0182. The van der Waals surface area contributed by atoms with Crippen molar-refractivity contribution in [1.29, 1.82) is 0 Å². The van der Waals surface area contributed by atoms with Crippen LogP contribution in [0, 0.1) is 0 Å². The fourth-order valence-corrected chi connectivity index (χ4v) is 3.76. The molecule has 3 rings (SSSR count). The predicted molar refractivity (Wildman–Crippen MR) is 132 cm³/mol. The van der Waals surface area contributed by atoms with Crippen LogP contribution in [-0.2, 0) is 24.3 Å². The Morgan fingerprint density at radius 2 is 1.59 bits per heavy atom. The molecule has 1 amide bonds. The van der Waals surface area contributed by atoms with Crippen LogP contribution in [0.2, 0.25) is 0 Å². The molecule has 2 N–H and O–H groups in total. The summed E-state index contributed by atoms with van der Waals surface area (Å²) in [5, 5.41) is 6.52. The van der Waals surface area contributed by atoms with E-state index >= 15 is 0 Å². The molecule has 2 aromatic rings. The summed E-state index contributed by atoms with van der Waals surface area (Å²) >= 11 is 0. The van der Waals surface area contributed by atoms with Crippen molar-refractivity contribution >= 4 is 11.9 Å². The quantitative estimate of drug-likeness (QED) is 0.470. The average molecular weight is 436 g/mol. The summed E-state index contributed by atoms with van der Waals surface area (Å²) in [4.78, 5) is 20.8. The van der Waals surface area contributed by atoms with Gasteiger partial charge in [-0.05, 0) is 49.0 Å². The number of aliphatic imine (C=N–C) groups is 1. The number of carbonyl (C=O) groups is 1. The van der Waals surface area contributed by atoms with Crippen LogP contribution in [0.25, 0.3) is 0 Å². The maximum absolute atomic E-state index is 12.0. The molecule has 1 aliphatic rings.